The molecule has 0 aliphatic carbocycles. The number of halogens is 1. The smallest absolute Gasteiger partial charge is 0.270 e. The number of carbonyl (C=O) groups is 1. The first kappa shape index (κ1) is 16.0. The van der Waals surface area contributed by atoms with E-state index in [0.717, 1.165) is 22.9 Å². The molecule has 2 aromatic heterocycles. The second-order valence-corrected chi connectivity index (χ2v) is 7.03. The molecule has 0 spiro atoms. The lowest BCUT2D eigenvalue weighted by atomic mass is 10.0. The van der Waals surface area contributed by atoms with Crippen molar-refractivity contribution in [3.63, 3.8) is 0 Å². The third-order valence-corrected chi connectivity index (χ3v) is 5.14. The third kappa shape index (κ3) is 2.87. The van der Waals surface area contributed by atoms with E-state index in [1.54, 1.807) is 23.2 Å². The molecule has 1 unspecified atom stereocenters. The Morgan fingerprint density at radius 1 is 1.16 bits per heavy atom. The van der Waals surface area contributed by atoms with Gasteiger partial charge in [0.1, 0.15) is 11.2 Å². The lowest BCUT2D eigenvalue weighted by Crippen LogP contribution is -2.35. The highest BCUT2D eigenvalue weighted by atomic mass is 79.9. The van der Waals surface area contributed by atoms with E-state index >= 15 is 0 Å². The molecule has 1 aliphatic rings. The highest BCUT2D eigenvalue weighted by Gasteiger charge is 2.32. The van der Waals surface area contributed by atoms with Gasteiger partial charge in [0.15, 0.2) is 0 Å². The summed E-state index contributed by atoms with van der Waals surface area (Å²) in [6.07, 6.45) is 4.86. The van der Waals surface area contributed by atoms with Crippen LogP contribution < -0.4 is 5.56 Å². The number of rotatable bonds is 2. The van der Waals surface area contributed by atoms with Crippen molar-refractivity contribution in [3.8, 4) is 0 Å². The van der Waals surface area contributed by atoms with Crippen molar-refractivity contribution >= 4 is 27.5 Å². The van der Waals surface area contributed by atoms with Gasteiger partial charge in [-0.3, -0.25) is 14.0 Å². The highest BCUT2D eigenvalue weighted by Crippen LogP contribution is 2.33. The Kier molecular flexibility index (Phi) is 4.13. The van der Waals surface area contributed by atoms with Crippen molar-refractivity contribution in [3.05, 3.63) is 80.8 Å². The molecule has 1 fully saturated rings. The van der Waals surface area contributed by atoms with E-state index in [0.29, 0.717) is 12.2 Å². The number of fused-ring (bicyclic) bond motifs is 1. The first-order valence-corrected chi connectivity index (χ1v) is 8.97. The number of aromatic nitrogens is 2. The molecule has 126 valence electrons. The molecule has 25 heavy (non-hydrogen) atoms. The summed E-state index contributed by atoms with van der Waals surface area (Å²) in [7, 11) is 0. The molecular weight excluding hydrogens is 382 g/mol. The summed E-state index contributed by atoms with van der Waals surface area (Å²) in [5.41, 5.74) is 1.42. The zero-order chi connectivity index (χ0) is 17.4. The van der Waals surface area contributed by atoms with Crippen LogP contribution in [0.2, 0.25) is 0 Å². The molecule has 1 aliphatic heterocycles. The zero-order valence-corrected chi connectivity index (χ0v) is 15.0. The third-order valence-electron chi connectivity index (χ3n) is 4.61. The number of hydrogen-bond donors (Lipinski definition) is 0. The van der Waals surface area contributed by atoms with Crippen molar-refractivity contribution in [1.29, 1.82) is 0 Å². The predicted molar refractivity (Wildman–Crippen MR) is 98.6 cm³/mol. The van der Waals surface area contributed by atoms with Gasteiger partial charge in [-0.2, -0.15) is 0 Å². The van der Waals surface area contributed by atoms with Crippen LogP contribution in [-0.2, 0) is 0 Å². The zero-order valence-electron chi connectivity index (χ0n) is 13.4. The van der Waals surface area contributed by atoms with Gasteiger partial charge in [-0.05, 0) is 42.7 Å². The molecule has 3 aromatic rings. The summed E-state index contributed by atoms with van der Waals surface area (Å²) in [6.45, 7) is 0.649. The van der Waals surface area contributed by atoms with Gasteiger partial charge in [-0.15, -0.1) is 0 Å². The number of hydrogen-bond acceptors (Lipinski definition) is 3. The van der Waals surface area contributed by atoms with Gasteiger partial charge in [0.05, 0.1) is 6.04 Å². The summed E-state index contributed by atoms with van der Waals surface area (Å²) in [5.74, 6) is -0.249. The average molecular weight is 398 g/mol. The Morgan fingerprint density at radius 3 is 2.76 bits per heavy atom. The molecule has 1 saturated heterocycles. The van der Waals surface area contributed by atoms with Gasteiger partial charge in [-0.1, -0.05) is 34.1 Å². The van der Waals surface area contributed by atoms with E-state index in [-0.39, 0.29) is 23.1 Å². The minimum Gasteiger partial charge on any atom is -0.331 e. The largest absolute Gasteiger partial charge is 0.331 e. The van der Waals surface area contributed by atoms with Crippen LogP contribution in [0.3, 0.4) is 0 Å². The van der Waals surface area contributed by atoms with Gasteiger partial charge >= 0.3 is 0 Å². The van der Waals surface area contributed by atoms with Crippen LogP contribution in [-0.4, -0.2) is 26.7 Å². The first-order chi connectivity index (χ1) is 12.1. The van der Waals surface area contributed by atoms with E-state index in [9.17, 15) is 9.59 Å². The van der Waals surface area contributed by atoms with Crippen LogP contribution in [0.5, 0.6) is 0 Å². The summed E-state index contributed by atoms with van der Waals surface area (Å²) >= 11 is 3.43. The molecule has 0 saturated carbocycles. The Balaban J connectivity index is 1.71. The fraction of sp³-hybridized carbons (Fsp3) is 0.211. The topological polar surface area (TPSA) is 54.7 Å². The fourth-order valence-electron chi connectivity index (χ4n) is 3.37. The molecule has 6 heteroatoms. The van der Waals surface area contributed by atoms with Gasteiger partial charge in [0, 0.05) is 23.4 Å². The lowest BCUT2D eigenvalue weighted by Gasteiger charge is -2.25. The maximum Gasteiger partial charge on any atom is 0.270 e. The molecule has 0 bridgehead atoms. The van der Waals surface area contributed by atoms with E-state index in [4.69, 9.17) is 0 Å². The van der Waals surface area contributed by atoms with Crippen molar-refractivity contribution in [2.24, 2.45) is 0 Å². The van der Waals surface area contributed by atoms with Crippen LogP contribution in [0.1, 0.15) is 34.8 Å². The Hall–Kier alpha value is -2.47. The Labute approximate surface area is 153 Å². The molecule has 1 aromatic carbocycles. The number of benzene rings is 1. The maximum atomic E-state index is 13.0. The second-order valence-electron chi connectivity index (χ2n) is 6.11. The molecular formula is C19H16BrN3O2. The molecule has 0 N–H and O–H groups in total. The van der Waals surface area contributed by atoms with Crippen molar-refractivity contribution in [1.82, 2.24) is 14.3 Å². The molecule has 1 amide bonds. The summed E-state index contributed by atoms with van der Waals surface area (Å²) < 4.78 is 2.42. The summed E-state index contributed by atoms with van der Waals surface area (Å²) in [6, 6.07) is 13.3. The van der Waals surface area contributed by atoms with Crippen molar-refractivity contribution in [2.45, 2.75) is 18.9 Å². The van der Waals surface area contributed by atoms with Gasteiger partial charge < -0.3 is 4.90 Å². The van der Waals surface area contributed by atoms with Crippen LogP contribution in [0.15, 0.2) is 64.1 Å². The minimum absolute atomic E-state index is 0.00327. The first-order valence-electron chi connectivity index (χ1n) is 8.18. The monoisotopic (exact) mass is 397 g/mol. The van der Waals surface area contributed by atoms with Gasteiger partial charge in [0.25, 0.3) is 11.5 Å². The van der Waals surface area contributed by atoms with Gasteiger partial charge in [-0.25, -0.2) is 4.98 Å². The van der Waals surface area contributed by atoms with Crippen molar-refractivity contribution in [2.75, 3.05) is 6.54 Å². The summed E-state index contributed by atoms with van der Waals surface area (Å²) in [4.78, 5) is 31.8. The predicted octanol–water partition coefficient (Wildman–Crippen LogP) is 3.43. The Bertz CT molecular complexity index is 997. The van der Waals surface area contributed by atoms with Gasteiger partial charge in [0.2, 0.25) is 0 Å². The quantitative estimate of drug-likeness (QED) is 0.665. The average Bonchev–Trinajstić information content (AvgIpc) is 3.12. The Morgan fingerprint density at radius 2 is 1.96 bits per heavy atom. The van der Waals surface area contributed by atoms with Crippen LogP contribution in [0.25, 0.3) is 5.65 Å². The fourth-order valence-corrected chi connectivity index (χ4v) is 3.63. The number of nitrogens with zero attached hydrogens (tertiary/aromatic N) is 3. The molecule has 3 heterocycles. The van der Waals surface area contributed by atoms with Crippen LogP contribution in [0.4, 0.5) is 0 Å². The van der Waals surface area contributed by atoms with E-state index in [1.165, 1.54) is 10.6 Å². The normalized spacial score (nSPS) is 17.2. The van der Waals surface area contributed by atoms with E-state index in [2.05, 4.69) is 20.9 Å². The van der Waals surface area contributed by atoms with E-state index in [1.807, 2.05) is 30.3 Å². The number of pyridine rings is 1. The van der Waals surface area contributed by atoms with E-state index < -0.39 is 0 Å². The van der Waals surface area contributed by atoms with Crippen LogP contribution >= 0.6 is 15.9 Å². The maximum absolute atomic E-state index is 13.0. The second kappa shape index (κ2) is 6.44. The lowest BCUT2D eigenvalue weighted by molar-refractivity contribution is 0.0733. The van der Waals surface area contributed by atoms with Crippen LogP contribution in [0, 0.1) is 0 Å². The SMILES string of the molecule is O=C(c1cnc2ccccn2c1=O)N1CCCC1c1ccc(Br)cc1. The van der Waals surface area contributed by atoms with Crippen molar-refractivity contribution < 1.29 is 4.79 Å². The standard InChI is InChI=1S/C19H16BrN3O2/c20-14-8-6-13(7-9-14)16-4-3-11-22(16)18(24)15-12-21-17-5-1-2-10-23(17)19(15)25/h1-2,5-10,12,16H,3-4,11H2. The molecule has 0 radical (unpaired) electrons. The minimum atomic E-state index is -0.322. The summed E-state index contributed by atoms with van der Waals surface area (Å²) in [5, 5.41) is 0. The molecule has 4 rings (SSSR count). The molecule has 1 atom stereocenters. The molecule has 5 nitrogen and oxygen atoms in total. The number of carbonyl (C=O) groups excluding carboxylic acids is 1. The number of likely N-dealkylation sites (tertiary alicyclic amines) is 1. The highest BCUT2D eigenvalue weighted by molar-refractivity contribution is 9.10. The number of amides is 1.